The molecule has 7 heteroatoms. The Morgan fingerprint density at radius 1 is 1.23 bits per heavy atom. The lowest BCUT2D eigenvalue weighted by Crippen LogP contribution is -2.49. The monoisotopic (exact) mass is 362 g/mol. The Hall–Kier alpha value is -2.28. The number of benzene rings is 1. The molecule has 0 atom stereocenters. The van der Waals surface area contributed by atoms with Crippen LogP contribution in [0.3, 0.4) is 0 Å². The first-order valence-corrected chi connectivity index (χ1v) is 9.13. The van der Waals surface area contributed by atoms with Crippen molar-refractivity contribution in [3.63, 3.8) is 0 Å². The van der Waals surface area contributed by atoms with Crippen molar-refractivity contribution in [2.45, 2.75) is 25.4 Å². The Kier molecular flexibility index (Phi) is 5.98. The van der Waals surface area contributed by atoms with Crippen LogP contribution in [0.2, 0.25) is 0 Å². The second kappa shape index (κ2) is 8.40. The number of carbonyl (C=O) groups is 2. The van der Waals surface area contributed by atoms with Crippen molar-refractivity contribution in [1.82, 2.24) is 9.80 Å². The van der Waals surface area contributed by atoms with Gasteiger partial charge in [-0.15, -0.1) is 0 Å². The molecule has 0 radical (unpaired) electrons. The van der Waals surface area contributed by atoms with Gasteiger partial charge in [-0.3, -0.25) is 4.79 Å². The van der Waals surface area contributed by atoms with Crippen LogP contribution in [0.25, 0.3) is 0 Å². The fraction of sp³-hybridized carbons (Fsp3) is 0.579. The summed E-state index contributed by atoms with van der Waals surface area (Å²) in [6, 6.07) is 9.53. The first-order chi connectivity index (χ1) is 12.6. The lowest BCUT2D eigenvalue weighted by atomic mass is 9.91. The predicted octanol–water partition coefficient (Wildman–Crippen LogP) is 1.92. The first-order valence-electron chi connectivity index (χ1n) is 9.13. The molecule has 2 fully saturated rings. The largest absolute Gasteiger partial charge is 0.492 e. The van der Waals surface area contributed by atoms with Gasteiger partial charge < -0.3 is 24.0 Å². The molecule has 1 aromatic carbocycles. The molecule has 2 aliphatic heterocycles. The normalized spacial score (nSPS) is 18.9. The zero-order valence-electron chi connectivity index (χ0n) is 15.2. The van der Waals surface area contributed by atoms with Crippen molar-refractivity contribution in [1.29, 1.82) is 0 Å². The number of rotatable bonds is 7. The topological polar surface area (TPSA) is 68.3 Å². The maximum absolute atomic E-state index is 12.2. The lowest BCUT2D eigenvalue weighted by molar-refractivity contribution is -0.139. The van der Waals surface area contributed by atoms with E-state index in [-0.39, 0.29) is 18.6 Å². The summed E-state index contributed by atoms with van der Waals surface area (Å²) in [5.41, 5.74) is -0.480. The molecule has 0 N–H and O–H groups in total. The van der Waals surface area contributed by atoms with Crippen molar-refractivity contribution in [3.8, 4) is 5.75 Å². The van der Waals surface area contributed by atoms with E-state index >= 15 is 0 Å². The quantitative estimate of drug-likeness (QED) is 0.741. The van der Waals surface area contributed by atoms with Crippen molar-refractivity contribution in [2.24, 2.45) is 0 Å². The molecule has 0 unspecified atom stereocenters. The summed E-state index contributed by atoms with van der Waals surface area (Å²) < 4.78 is 16.5. The van der Waals surface area contributed by atoms with Gasteiger partial charge in [0.2, 0.25) is 5.91 Å². The van der Waals surface area contributed by atoms with E-state index in [4.69, 9.17) is 14.2 Å². The average molecular weight is 362 g/mol. The molecule has 3 rings (SSSR count). The van der Waals surface area contributed by atoms with Gasteiger partial charge in [0, 0.05) is 32.5 Å². The summed E-state index contributed by atoms with van der Waals surface area (Å²) in [5.74, 6) is 0.787. The minimum absolute atomic E-state index is 0.000796. The molecule has 26 heavy (non-hydrogen) atoms. The van der Waals surface area contributed by atoms with Gasteiger partial charge >= 0.3 is 6.09 Å². The number of nitrogens with zero attached hydrogens (tertiary/aromatic N) is 2. The van der Waals surface area contributed by atoms with Gasteiger partial charge in [0.25, 0.3) is 0 Å². The van der Waals surface area contributed by atoms with Gasteiger partial charge in [-0.25, -0.2) is 4.79 Å². The Labute approximate surface area is 153 Å². The lowest BCUT2D eigenvalue weighted by Gasteiger charge is -2.37. The Morgan fingerprint density at radius 3 is 2.65 bits per heavy atom. The average Bonchev–Trinajstić information content (AvgIpc) is 2.96. The molecule has 142 valence electrons. The Bertz CT molecular complexity index is 614. The van der Waals surface area contributed by atoms with E-state index in [0.29, 0.717) is 52.2 Å². The molecule has 0 aliphatic carbocycles. The zero-order chi connectivity index (χ0) is 18.4. The molecule has 0 saturated carbocycles. The second-order valence-electron chi connectivity index (χ2n) is 6.65. The molecule has 2 amide bonds. The van der Waals surface area contributed by atoms with Gasteiger partial charge in [-0.05, 0) is 19.1 Å². The standard InChI is InChI=1S/C19H26N2O5/c1-2-24-14-17(22)20-10-8-19(9-11-20)15-21(18(23)26-19)12-13-25-16-6-4-3-5-7-16/h3-7H,2,8-15H2,1H3. The van der Waals surface area contributed by atoms with E-state index in [2.05, 4.69) is 0 Å². The third-order valence-corrected chi connectivity index (χ3v) is 4.87. The van der Waals surface area contributed by atoms with Crippen LogP contribution in [0.15, 0.2) is 30.3 Å². The number of hydrogen-bond donors (Lipinski definition) is 0. The molecule has 0 aromatic heterocycles. The van der Waals surface area contributed by atoms with Crippen LogP contribution in [0, 0.1) is 0 Å². The molecular formula is C19H26N2O5. The van der Waals surface area contributed by atoms with E-state index in [1.165, 1.54) is 0 Å². The van der Waals surface area contributed by atoms with Gasteiger partial charge in [-0.2, -0.15) is 0 Å². The van der Waals surface area contributed by atoms with Crippen molar-refractivity contribution in [3.05, 3.63) is 30.3 Å². The zero-order valence-corrected chi connectivity index (χ0v) is 15.2. The number of para-hydroxylation sites is 1. The number of hydrogen-bond acceptors (Lipinski definition) is 5. The van der Waals surface area contributed by atoms with Gasteiger partial charge in [0.15, 0.2) is 0 Å². The Balaban J connectivity index is 1.45. The number of carbonyl (C=O) groups excluding carboxylic acids is 2. The number of amides is 2. The fourth-order valence-corrected chi connectivity index (χ4v) is 3.36. The highest BCUT2D eigenvalue weighted by atomic mass is 16.6. The number of piperidine rings is 1. The van der Waals surface area contributed by atoms with Gasteiger partial charge in [0.05, 0.1) is 13.1 Å². The molecule has 2 aliphatic rings. The molecule has 1 spiro atoms. The molecule has 2 saturated heterocycles. The van der Waals surface area contributed by atoms with Crippen LogP contribution in [0.5, 0.6) is 5.75 Å². The third kappa shape index (κ3) is 4.46. The van der Waals surface area contributed by atoms with Crippen molar-refractivity contribution >= 4 is 12.0 Å². The van der Waals surface area contributed by atoms with Crippen LogP contribution in [-0.4, -0.2) is 73.4 Å². The van der Waals surface area contributed by atoms with E-state index in [0.717, 1.165) is 5.75 Å². The highest BCUT2D eigenvalue weighted by Crippen LogP contribution is 2.33. The van der Waals surface area contributed by atoms with Crippen LogP contribution in [0.1, 0.15) is 19.8 Å². The van der Waals surface area contributed by atoms with E-state index in [1.54, 1.807) is 9.80 Å². The van der Waals surface area contributed by atoms with Crippen LogP contribution in [-0.2, 0) is 14.3 Å². The minimum atomic E-state index is -0.480. The molecule has 1 aromatic rings. The summed E-state index contributed by atoms with van der Waals surface area (Å²) in [6.45, 7) is 5.16. The van der Waals surface area contributed by atoms with Crippen molar-refractivity contribution in [2.75, 3.05) is 46.0 Å². The second-order valence-corrected chi connectivity index (χ2v) is 6.65. The highest BCUT2D eigenvalue weighted by molar-refractivity contribution is 5.77. The number of ether oxygens (including phenoxy) is 3. The van der Waals surface area contributed by atoms with Gasteiger partial charge in [-0.1, -0.05) is 18.2 Å². The summed E-state index contributed by atoms with van der Waals surface area (Å²) >= 11 is 0. The van der Waals surface area contributed by atoms with E-state index < -0.39 is 5.60 Å². The predicted molar refractivity (Wildman–Crippen MR) is 95.0 cm³/mol. The summed E-state index contributed by atoms with van der Waals surface area (Å²) in [6.07, 6.45) is 1.02. The number of likely N-dealkylation sites (tertiary alicyclic amines) is 1. The highest BCUT2D eigenvalue weighted by Gasteiger charge is 2.47. The first kappa shape index (κ1) is 18.5. The summed E-state index contributed by atoms with van der Waals surface area (Å²) in [5, 5.41) is 0. The van der Waals surface area contributed by atoms with E-state index in [9.17, 15) is 9.59 Å². The third-order valence-electron chi connectivity index (χ3n) is 4.87. The SMILES string of the molecule is CCOCC(=O)N1CCC2(CC1)CN(CCOc1ccccc1)C(=O)O2. The molecule has 0 bridgehead atoms. The Morgan fingerprint density at radius 2 is 1.96 bits per heavy atom. The van der Waals surface area contributed by atoms with Crippen molar-refractivity contribution < 1.29 is 23.8 Å². The van der Waals surface area contributed by atoms with Crippen LogP contribution >= 0.6 is 0 Å². The van der Waals surface area contributed by atoms with E-state index in [1.807, 2.05) is 37.3 Å². The molecule has 7 nitrogen and oxygen atoms in total. The van der Waals surface area contributed by atoms with Crippen LogP contribution in [0.4, 0.5) is 4.79 Å². The summed E-state index contributed by atoms with van der Waals surface area (Å²) in [4.78, 5) is 27.7. The molecular weight excluding hydrogens is 336 g/mol. The van der Waals surface area contributed by atoms with Crippen LogP contribution < -0.4 is 4.74 Å². The minimum Gasteiger partial charge on any atom is -0.492 e. The molecule has 2 heterocycles. The fourth-order valence-electron chi connectivity index (χ4n) is 3.36. The maximum atomic E-state index is 12.2. The smallest absolute Gasteiger partial charge is 0.410 e. The summed E-state index contributed by atoms with van der Waals surface area (Å²) in [7, 11) is 0. The van der Waals surface area contributed by atoms with Gasteiger partial charge in [0.1, 0.15) is 24.6 Å². The maximum Gasteiger partial charge on any atom is 0.410 e.